The predicted octanol–water partition coefficient (Wildman–Crippen LogP) is 7.41. The van der Waals surface area contributed by atoms with Crippen LogP contribution in [0, 0.1) is 0 Å². The molecule has 0 bridgehead atoms. The minimum atomic E-state index is -5.07. The van der Waals surface area contributed by atoms with Crippen LogP contribution in [0.15, 0.2) is 36.4 Å². The Morgan fingerprint density at radius 1 is 0.643 bits per heavy atom. The van der Waals surface area contributed by atoms with E-state index in [0.29, 0.717) is 12.1 Å². The fourth-order valence-electron chi connectivity index (χ4n) is 2.44. The quantitative estimate of drug-likeness (QED) is 0.474. The monoisotopic (exact) mass is 416 g/mol. The highest BCUT2D eigenvalue weighted by Gasteiger charge is 2.37. The largest absolute Gasteiger partial charge is 0.573 e. The molecule has 0 saturated heterocycles. The minimum Gasteiger partial charge on any atom is -0.406 e. The first-order valence-corrected chi connectivity index (χ1v) is 7.77. The molecule has 0 aliphatic carbocycles. The van der Waals surface area contributed by atoms with Crippen molar-refractivity contribution in [2.75, 3.05) is 0 Å². The molecule has 28 heavy (non-hydrogen) atoms. The van der Waals surface area contributed by atoms with E-state index in [-0.39, 0.29) is 23.1 Å². The van der Waals surface area contributed by atoms with Gasteiger partial charge in [0.15, 0.2) is 0 Å². The number of halogens is 9. The molecule has 0 saturated carbocycles. The molecular weight excluding hydrogens is 403 g/mol. The lowest BCUT2D eigenvalue weighted by Gasteiger charge is -2.17. The van der Waals surface area contributed by atoms with Crippen LogP contribution in [0.5, 0.6) is 5.75 Å². The fraction of sp³-hybridized carbons (Fsp3) is 0.333. The molecule has 0 fully saturated rings. The lowest BCUT2D eigenvalue weighted by molar-refractivity contribution is -0.274. The molecule has 0 amide bonds. The first-order valence-electron chi connectivity index (χ1n) is 7.77. The Bertz CT molecular complexity index is 813. The van der Waals surface area contributed by atoms with E-state index in [2.05, 4.69) is 4.74 Å². The van der Waals surface area contributed by atoms with E-state index in [0.717, 1.165) is 12.1 Å². The summed E-state index contributed by atoms with van der Waals surface area (Å²) in [5.74, 6) is -1.09. The van der Waals surface area contributed by atoms with Gasteiger partial charge in [-0.3, -0.25) is 0 Å². The Morgan fingerprint density at radius 2 is 1.11 bits per heavy atom. The lowest BCUT2D eigenvalue weighted by Crippen LogP contribution is -2.17. The van der Waals surface area contributed by atoms with Crippen molar-refractivity contribution >= 4 is 0 Å². The molecule has 0 N–H and O–H groups in total. The van der Waals surface area contributed by atoms with Gasteiger partial charge in [-0.1, -0.05) is 19.9 Å². The summed E-state index contributed by atoms with van der Waals surface area (Å²) in [6.45, 7) is 3.20. The molecule has 0 spiro atoms. The van der Waals surface area contributed by atoms with Crippen molar-refractivity contribution in [3.05, 3.63) is 53.1 Å². The van der Waals surface area contributed by atoms with E-state index >= 15 is 0 Å². The Hall–Kier alpha value is -2.39. The molecule has 154 valence electrons. The Balaban J connectivity index is 2.71. The number of benzene rings is 2. The first kappa shape index (κ1) is 21.9. The smallest absolute Gasteiger partial charge is 0.406 e. The van der Waals surface area contributed by atoms with E-state index in [1.54, 1.807) is 13.8 Å². The molecule has 0 radical (unpaired) electrons. The van der Waals surface area contributed by atoms with Crippen molar-refractivity contribution < 1.29 is 44.3 Å². The zero-order valence-corrected chi connectivity index (χ0v) is 14.4. The summed E-state index contributed by atoms with van der Waals surface area (Å²) in [5, 5.41) is 0. The Kier molecular flexibility index (Phi) is 5.64. The van der Waals surface area contributed by atoms with Gasteiger partial charge < -0.3 is 4.74 Å². The number of alkyl halides is 9. The number of hydrogen-bond donors (Lipinski definition) is 0. The van der Waals surface area contributed by atoms with Crippen LogP contribution < -0.4 is 4.74 Å². The third-order valence-electron chi connectivity index (χ3n) is 3.75. The fourth-order valence-corrected chi connectivity index (χ4v) is 2.44. The van der Waals surface area contributed by atoms with E-state index < -0.39 is 41.2 Å². The Labute approximate surface area is 153 Å². The second-order valence-corrected chi connectivity index (χ2v) is 6.29. The van der Waals surface area contributed by atoms with Crippen LogP contribution in [0.1, 0.15) is 36.5 Å². The maximum atomic E-state index is 13.0. The van der Waals surface area contributed by atoms with Crippen LogP contribution in [-0.4, -0.2) is 6.36 Å². The predicted molar refractivity (Wildman–Crippen MR) is 82.7 cm³/mol. The van der Waals surface area contributed by atoms with Crippen molar-refractivity contribution in [1.82, 2.24) is 0 Å². The molecule has 0 aliphatic heterocycles. The van der Waals surface area contributed by atoms with Gasteiger partial charge in [0.2, 0.25) is 0 Å². The summed E-state index contributed by atoms with van der Waals surface area (Å²) >= 11 is 0. The molecule has 1 nitrogen and oxygen atoms in total. The van der Waals surface area contributed by atoms with Gasteiger partial charge in [0, 0.05) is 0 Å². The average Bonchev–Trinajstić information content (AvgIpc) is 2.50. The second-order valence-electron chi connectivity index (χ2n) is 6.29. The maximum absolute atomic E-state index is 13.0. The highest BCUT2D eigenvalue weighted by Crippen LogP contribution is 2.40. The number of hydrogen-bond acceptors (Lipinski definition) is 1. The summed E-state index contributed by atoms with van der Waals surface area (Å²) in [4.78, 5) is 0. The highest BCUT2D eigenvalue weighted by atomic mass is 19.4. The third kappa shape index (κ3) is 5.56. The van der Waals surface area contributed by atoms with Gasteiger partial charge in [0.1, 0.15) is 5.75 Å². The van der Waals surface area contributed by atoms with Gasteiger partial charge >= 0.3 is 18.7 Å². The molecule has 0 unspecified atom stereocenters. The number of rotatable bonds is 3. The van der Waals surface area contributed by atoms with Gasteiger partial charge in [-0.2, -0.15) is 26.3 Å². The summed E-state index contributed by atoms with van der Waals surface area (Å²) in [6.07, 6.45) is -15.2. The van der Waals surface area contributed by atoms with E-state index in [4.69, 9.17) is 0 Å². The molecule has 0 aromatic heterocycles. The van der Waals surface area contributed by atoms with E-state index in [1.807, 2.05) is 0 Å². The maximum Gasteiger partial charge on any atom is 0.573 e. The van der Waals surface area contributed by atoms with Crippen molar-refractivity contribution in [3.8, 4) is 16.9 Å². The topological polar surface area (TPSA) is 9.23 Å². The zero-order chi connectivity index (χ0) is 21.5. The van der Waals surface area contributed by atoms with Crippen LogP contribution in [0.25, 0.3) is 11.1 Å². The van der Waals surface area contributed by atoms with Crippen LogP contribution >= 0.6 is 0 Å². The van der Waals surface area contributed by atoms with Crippen molar-refractivity contribution in [3.63, 3.8) is 0 Å². The number of ether oxygens (including phenoxy) is 1. The standard InChI is InChI=1S/C18H13F9O/c1-9(2)10-3-11(7-15(6-10)28-18(25,26)27)12-4-13(16(19,20)21)8-14(5-12)17(22,23)24/h3-9H,1-2H3. The van der Waals surface area contributed by atoms with Crippen LogP contribution in [0.4, 0.5) is 39.5 Å². The minimum absolute atomic E-state index is 0.0527. The summed E-state index contributed by atoms with van der Waals surface area (Å²) in [5.41, 5.74) is -3.67. The SMILES string of the molecule is CC(C)c1cc(OC(F)(F)F)cc(-c2cc(C(F)(F)F)cc(C(F)(F)F)c2)c1. The van der Waals surface area contributed by atoms with Gasteiger partial charge in [0.25, 0.3) is 0 Å². The van der Waals surface area contributed by atoms with E-state index in [1.165, 1.54) is 6.07 Å². The van der Waals surface area contributed by atoms with Gasteiger partial charge in [-0.05, 0) is 52.9 Å². The average molecular weight is 416 g/mol. The Morgan fingerprint density at radius 3 is 1.50 bits per heavy atom. The second kappa shape index (κ2) is 7.21. The van der Waals surface area contributed by atoms with Crippen molar-refractivity contribution in [2.45, 2.75) is 38.5 Å². The molecule has 2 aromatic carbocycles. The van der Waals surface area contributed by atoms with E-state index in [9.17, 15) is 39.5 Å². The van der Waals surface area contributed by atoms with Crippen LogP contribution in [-0.2, 0) is 12.4 Å². The molecule has 2 aromatic rings. The first-order chi connectivity index (χ1) is 12.6. The summed E-state index contributed by atoms with van der Waals surface area (Å²) < 4.78 is 120. The van der Waals surface area contributed by atoms with Crippen LogP contribution in [0.2, 0.25) is 0 Å². The third-order valence-corrected chi connectivity index (χ3v) is 3.75. The molecule has 0 heterocycles. The van der Waals surface area contributed by atoms with Gasteiger partial charge in [-0.25, -0.2) is 0 Å². The molecule has 10 heteroatoms. The van der Waals surface area contributed by atoms with Crippen molar-refractivity contribution in [1.29, 1.82) is 0 Å². The summed E-state index contributed by atoms with van der Waals surface area (Å²) in [7, 11) is 0. The van der Waals surface area contributed by atoms with Crippen molar-refractivity contribution in [2.24, 2.45) is 0 Å². The molecular formula is C18H13F9O. The van der Waals surface area contributed by atoms with Gasteiger partial charge in [-0.15, -0.1) is 13.2 Å². The lowest BCUT2D eigenvalue weighted by atomic mass is 9.94. The molecule has 0 aliphatic rings. The summed E-state index contributed by atoms with van der Waals surface area (Å²) in [6, 6.07) is 3.85. The van der Waals surface area contributed by atoms with Crippen LogP contribution in [0.3, 0.4) is 0 Å². The normalized spacial score (nSPS) is 13.1. The highest BCUT2D eigenvalue weighted by molar-refractivity contribution is 5.68. The molecule has 2 rings (SSSR count). The van der Waals surface area contributed by atoms with Gasteiger partial charge in [0.05, 0.1) is 11.1 Å². The zero-order valence-electron chi connectivity index (χ0n) is 14.4. The molecule has 0 atom stereocenters.